The van der Waals surface area contributed by atoms with Crippen LogP contribution in [-0.2, 0) is 14.3 Å². The third-order valence-corrected chi connectivity index (χ3v) is 7.14. The summed E-state index contributed by atoms with van der Waals surface area (Å²) in [5, 5.41) is 11.9. The van der Waals surface area contributed by atoms with Gasteiger partial charge in [-0.1, -0.05) is 48.5 Å². The second-order valence-electron chi connectivity index (χ2n) is 8.96. The number of amides is 2. The molecule has 2 amide bonds. The van der Waals surface area contributed by atoms with E-state index in [9.17, 15) is 19.5 Å². The molecular weight excluding hydrogens is 408 g/mol. The number of ether oxygens (including phenoxy) is 1. The van der Waals surface area contributed by atoms with E-state index in [1.54, 1.807) is 11.8 Å². The molecule has 7 heteroatoms. The van der Waals surface area contributed by atoms with E-state index in [1.165, 1.54) is 0 Å². The van der Waals surface area contributed by atoms with Crippen molar-refractivity contribution in [2.75, 3.05) is 19.7 Å². The van der Waals surface area contributed by atoms with Gasteiger partial charge >= 0.3 is 12.1 Å². The minimum Gasteiger partial charge on any atom is -0.481 e. The first-order valence-corrected chi connectivity index (χ1v) is 11.1. The first kappa shape index (κ1) is 20.5. The number of carboxylic acids is 1. The number of nitrogens with one attached hydrogen (secondary N) is 1. The standard InChI is InChI=1S/C25H26N2O5/c1-14(23(28)27-11-10-19-20(12-27)22(19)24(29)30)26-25(31)32-13-21-17-8-4-2-6-15(17)16-7-3-5-9-18(16)21/h2-9,14,19-22H,10-13H2,1H3,(H,26,31)(H,29,30)/t14-,19-,20+,22?/m0/s1. The van der Waals surface area contributed by atoms with E-state index >= 15 is 0 Å². The molecule has 2 aromatic rings. The van der Waals surface area contributed by atoms with Crippen LogP contribution < -0.4 is 5.32 Å². The Hall–Kier alpha value is -3.35. The number of rotatable bonds is 5. The smallest absolute Gasteiger partial charge is 0.407 e. The van der Waals surface area contributed by atoms with Crippen LogP contribution in [0.25, 0.3) is 11.1 Å². The zero-order valence-electron chi connectivity index (χ0n) is 17.9. The molecule has 0 spiro atoms. The molecule has 32 heavy (non-hydrogen) atoms. The fraction of sp³-hybridized carbons (Fsp3) is 0.400. The van der Waals surface area contributed by atoms with Crippen LogP contribution in [0.5, 0.6) is 0 Å². The minimum atomic E-state index is -0.779. The van der Waals surface area contributed by atoms with Gasteiger partial charge in [0.2, 0.25) is 5.91 Å². The number of hydrogen-bond acceptors (Lipinski definition) is 4. The van der Waals surface area contributed by atoms with Crippen LogP contribution in [0.15, 0.2) is 48.5 Å². The minimum absolute atomic E-state index is 0.0341. The van der Waals surface area contributed by atoms with Crippen LogP contribution in [0.1, 0.15) is 30.4 Å². The predicted octanol–water partition coefficient (Wildman–Crippen LogP) is 3.09. The Kier molecular flexibility index (Phi) is 5.12. The second kappa shape index (κ2) is 7.97. The van der Waals surface area contributed by atoms with E-state index in [1.807, 2.05) is 24.3 Å². The zero-order valence-corrected chi connectivity index (χ0v) is 17.9. The molecule has 1 heterocycles. The highest BCUT2D eigenvalue weighted by atomic mass is 16.5. The van der Waals surface area contributed by atoms with Gasteiger partial charge in [-0.2, -0.15) is 0 Å². The lowest BCUT2D eigenvalue weighted by molar-refractivity contribution is -0.139. The Balaban J connectivity index is 1.17. The van der Waals surface area contributed by atoms with Gasteiger partial charge in [-0.3, -0.25) is 9.59 Å². The van der Waals surface area contributed by atoms with Crippen molar-refractivity contribution < 1.29 is 24.2 Å². The number of carbonyl (C=O) groups is 3. The number of likely N-dealkylation sites (tertiary alicyclic amines) is 1. The van der Waals surface area contributed by atoms with E-state index in [0.29, 0.717) is 19.5 Å². The Morgan fingerprint density at radius 3 is 2.31 bits per heavy atom. The summed E-state index contributed by atoms with van der Waals surface area (Å²) in [6.07, 6.45) is 0.0721. The highest BCUT2D eigenvalue weighted by Gasteiger charge is 2.57. The summed E-state index contributed by atoms with van der Waals surface area (Å²) in [5.41, 5.74) is 4.57. The number of nitrogens with zero attached hydrogens (tertiary/aromatic N) is 1. The topological polar surface area (TPSA) is 95.9 Å². The number of alkyl carbamates (subject to hydrolysis) is 1. The van der Waals surface area contributed by atoms with Gasteiger partial charge in [0.1, 0.15) is 12.6 Å². The van der Waals surface area contributed by atoms with E-state index in [-0.39, 0.29) is 36.2 Å². The Labute approximate surface area is 186 Å². The van der Waals surface area contributed by atoms with Crippen LogP contribution in [0.4, 0.5) is 4.79 Å². The van der Waals surface area contributed by atoms with Crippen molar-refractivity contribution in [2.24, 2.45) is 17.8 Å². The van der Waals surface area contributed by atoms with Gasteiger partial charge in [0.05, 0.1) is 5.92 Å². The van der Waals surface area contributed by atoms with Gasteiger partial charge in [0.25, 0.3) is 0 Å². The normalized spacial score (nSPS) is 24.0. The van der Waals surface area contributed by atoms with Crippen LogP contribution in [0, 0.1) is 17.8 Å². The highest BCUT2D eigenvalue weighted by Crippen LogP contribution is 2.51. The van der Waals surface area contributed by atoms with Gasteiger partial charge in [-0.15, -0.1) is 0 Å². The molecule has 0 radical (unpaired) electrons. The molecule has 3 aliphatic rings. The summed E-state index contributed by atoms with van der Waals surface area (Å²) >= 11 is 0. The summed E-state index contributed by atoms with van der Waals surface area (Å²) < 4.78 is 5.53. The molecule has 2 N–H and O–H groups in total. The summed E-state index contributed by atoms with van der Waals surface area (Å²) in [5.74, 6) is -1.14. The van der Waals surface area contributed by atoms with Crippen molar-refractivity contribution in [1.29, 1.82) is 0 Å². The van der Waals surface area contributed by atoms with Crippen LogP contribution >= 0.6 is 0 Å². The maximum Gasteiger partial charge on any atom is 0.407 e. The molecule has 2 aliphatic carbocycles. The summed E-state index contributed by atoms with van der Waals surface area (Å²) in [6, 6.07) is 15.5. The van der Waals surface area contributed by atoms with E-state index in [2.05, 4.69) is 29.6 Å². The lowest BCUT2D eigenvalue weighted by atomic mass is 9.98. The van der Waals surface area contributed by atoms with Crippen LogP contribution in [0.2, 0.25) is 0 Å². The summed E-state index contributed by atoms with van der Waals surface area (Å²) in [7, 11) is 0. The number of hydrogen-bond donors (Lipinski definition) is 2. The van der Waals surface area contributed by atoms with E-state index < -0.39 is 18.1 Å². The molecule has 2 aromatic carbocycles. The maximum atomic E-state index is 12.8. The first-order chi connectivity index (χ1) is 15.5. The second-order valence-corrected chi connectivity index (χ2v) is 8.96. The summed E-state index contributed by atoms with van der Waals surface area (Å²) in [6.45, 7) is 2.80. The van der Waals surface area contributed by atoms with E-state index in [4.69, 9.17) is 4.74 Å². The average molecular weight is 434 g/mol. The SMILES string of the molecule is C[C@H](NC(=O)OCC1c2ccccc2-c2ccccc21)C(=O)N1CC[C@@H]2C(C(=O)O)[C@@H]2C1. The number of carboxylic acid groups (broad SMARTS) is 1. The fourth-order valence-electron chi connectivity index (χ4n) is 5.46. The first-order valence-electron chi connectivity index (χ1n) is 11.1. The molecule has 5 rings (SSSR count). The number of piperidine rings is 1. The van der Waals surface area contributed by atoms with Gasteiger partial charge in [0.15, 0.2) is 0 Å². The third-order valence-electron chi connectivity index (χ3n) is 7.14. The molecule has 1 saturated carbocycles. The molecule has 1 saturated heterocycles. The van der Waals surface area contributed by atoms with Crippen LogP contribution in [0.3, 0.4) is 0 Å². The predicted molar refractivity (Wildman–Crippen MR) is 117 cm³/mol. The molecule has 1 aliphatic heterocycles. The van der Waals surface area contributed by atoms with Crippen molar-refractivity contribution in [2.45, 2.75) is 25.3 Å². The monoisotopic (exact) mass is 434 g/mol. The molecule has 0 bridgehead atoms. The third kappa shape index (κ3) is 3.51. The molecule has 0 aromatic heterocycles. The quantitative estimate of drug-likeness (QED) is 0.754. The average Bonchev–Trinajstić information content (AvgIpc) is 3.44. The van der Waals surface area contributed by atoms with Crippen molar-refractivity contribution in [1.82, 2.24) is 10.2 Å². The molecule has 7 nitrogen and oxygen atoms in total. The van der Waals surface area contributed by atoms with E-state index in [0.717, 1.165) is 22.3 Å². The lowest BCUT2D eigenvalue weighted by Crippen LogP contribution is -2.49. The molecule has 166 valence electrons. The fourth-order valence-corrected chi connectivity index (χ4v) is 5.46. The van der Waals surface area contributed by atoms with Gasteiger partial charge in [-0.05, 0) is 47.4 Å². The molecule has 1 unspecified atom stereocenters. The number of fused-ring (bicyclic) bond motifs is 4. The Morgan fingerprint density at radius 1 is 1.06 bits per heavy atom. The number of aliphatic carboxylic acids is 1. The van der Waals surface area contributed by atoms with Crippen LogP contribution in [-0.4, -0.2) is 53.7 Å². The lowest BCUT2D eigenvalue weighted by Gasteiger charge is -2.29. The number of carbonyl (C=O) groups excluding carboxylic acids is 2. The maximum absolute atomic E-state index is 12.8. The van der Waals surface area contributed by atoms with Gasteiger partial charge < -0.3 is 20.1 Å². The number of benzene rings is 2. The van der Waals surface area contributed by atoms with Gasteiger partial charge in [-0.25, -0.2) is 4.79 Å². The zero-order chi connectivity index (χ0) is 22.4. The van der Waals surface area contributed by atoms with Crippen molar-refractivity contribution >= 4 is 18.0 Å². The van der Waals surface area contributed by atoms with Crippen molar-refractivity contribution in [3.8, 4) is 11.1 Å². The summed E-state index contributed by atoms with van der Waals surface area (Å²) in [4.78, 5) is 38.1. The van der Waals surface area contributed by atoms with Crippen molar-refractivity contribution in [3.05, 3.63) is 59.7 Å². The molecule has 4 atom stereocenters. The molecular formula is C25H26N2O5. The van der Waals surface area contributed by atoms with Gasteiger partial charge in [0, 0.05) is 19.0 Å². The highest BCUT2D eigenvalue weighted by molar-refractivity contribution is 5.86. The Bertz CT molecular complexity index is 1040. The largest absolute Gasteiger partial charge is 0.481 e. The van der Waals surface area contributed by atoms with Crippen molar-refractivity contribution in [3.63, 3.8) is 0 Å². The Morgan fingerprint density at radius 2 is 1.69 bits per heavy atom. The molecule has 2 fully saturated rings.